The molecule has 1 aromatic carbocycles. The van der Waals surface area contributed by atoms with E-state index >= 15 is 4.39 Å². The highest BCUT2D eigenvalue weighted by atomic mass is 19.1. The summed E-state index contributed by atoms with van der Waals surface area (Å²) in [5.41, 5.74) is -0.656. The Labute approximate surface area is 250 Å². The summed E-state index contributed by atoms with van der Waals surface area (Å²) in [5.74, 6) is -7.46. The second-order valence-corrected chi connectivity index (χ2v) is 9.99. The molecule has 5 amide bonds. The number of Topliss-reactive ketones (excluding diaryl/α,β-unsaturated/α-hetero) is 1. The Kier molecular flexibility index (Phi) is 9.90. The first-order chi connectivity index (χ1) is 21.0. The number of likely N-dealkylation sites (N-methyl/N-ethyl adjacent to an activating group) is 1. The molecule has 4 rings (SSSR count). The standard InChI is InChI=1S/C27H29BFN5O10/c1-2-33-8-9-34(25(39)24(33)38)27(42)32-21(20-17(29)11-15(13-30-20)18(36)7-4-10-35)23(37)31-19-12-14-5-3-6-16(26(40)41)22(14)44-28(19)43/h3,5-6,11,13,19,21,35,43H,2,4,7-10,12H2,1H3,(H,31,37)(H,32,42)(H,40,41)/t19-,21?/m0/s1. The van der Waals surface area contributed by atoms with E-state index in [-0.39, 0.29) is 62.4 Å². The van der Waals surface area contributed by atoms with Gasteiger partial charge in [0.05, 0.1) is 11.5 Å². The van der Waals surface area contributed by atoms with Crippen LogP contribution in [-0.4, -0.2) is 105 Å². The fourth-order valence-electron chi connectivity index (χ4n) is 4.81. The number of hydrogen-bond donors (Lipinski definition) is 5. The molecule has 1 saturated heterocycles. The number of amides is 5. The normalized spacial score (nSPS) is 17.0. The Morgan fingerprint density at radius 2 is 1.95 bits per heavy atom. The number of urea groups is 1. The van der Waals surface area contributed by atoms with Crippen molar-refractivity contribution >= 4 is 42.6 Å². The van der Waals surface area contributed by atoms with Gasteiger partial charge in [-0.2, -0.15) is 0 Å². The van der Waals surface area contributed by atoms with Crippen molar-refractivity contribution in [2.24, 2.45) is 0 Å². The maximum Gasteiger partial charge on any atom is 0.547 e. The summed E-state index contributed by atoms with van der Waals surface area (Å²) < 4.78 is 20.8. The largest absolute Gasteiger partial charge is 0.547 e. The molecule has 1 fully saturated rings. The third-order valence-corrected chi connectivity index (χ3v) is 7.17. The van der Waals surface area contributed by atoms with Crippen molar-refractivity contribution in [3.8, 4) is 5.75 Å². The van der Waals surface area contributed by atoms with Gasteiger partial charge in [-0.1, -0.05) is 12.1 Å². The number of aromatic carboxylic acids is 1. The molecular formula is C27H29BFN5O10. The van der Waals surface area contributed by atoms with Gasteiger partial charge in [0.15, 0.2) is 11.8 Å². The maximum atomic E-state index is 15.4. The zero-order valence-corrected chi connectivity index (χ0v) is 23.5. The molecule has 0 bridgehead atoms. The molecule has 2 aliphatic heterocycles. The molecule has 232 valence electrons. The molecule has 2 aromatic rings. The summed E-state index contributed by atoms with van der Waals surface area (Å²) in [6.07, 6.45) is 0.915. The van der Waals surface area contributed by atoms with Crippen LogP contribution in [0, 0.1) is 5.82 Å². The third-order valence-electron chi connectivity index (χ3n) is 7.17. The molecule has 1 unspecified atom stereocenters. The summed E-state index contributed by atoms with van der Waals surface area (Å²) in [7, 11) is -1.74. The molecule has 0 spiro atoms. The van der Waals surface area contributed by atoms with Gasteiger partial charge in [-0.3, -0.25) is 29.1 Å². The number of nitrogens with zero attached hydrogens (tertiary/aromatic N) is 3. The molecular weight excluding hydrogens is 584 g/mol. The van der Waals surface area contributed by atoms with E-state index in [1.807, 2.05) is 0 Å². The molecule has 2 atom stereocenters. The van der Waals surface area contributed by atoms with Gasteiger partial charge in [-0.25, -0.2) is 14.0 Å². The lowest BCUT2D eigenvalue weighted by molar-refractivity contribution is -0.153. The Morgan fingerprint density at radius 3 is 2.61 bits per heavy atom. The minimum absolute atomic E-state index is 0.0337. The number of benzene rings is 1. The van der Waals surface area contributed by atoms with Crippen molar-refractivity contribution in [3.63, 3.8) is 0 Å². The molecule has 44 heavy (non-hydrogen) atoms. The maximum absolute atomic E-state index is 15.4. The zero-order chi connectivity index (χ0) is 32.1. The van der Waals surface area contributed by atoms with Crippen molar-refractivity contribution in [2.75, 3.05) is 26.2 Å². The number of ketones is 1. The van der Waals surface area contributed by atoms with E-state index < -0.39 is 66.1 Å². The molecule has 5 N–H and O–H groups in total. The van der Waals surface area contributed by atoms with E-state index in [2.05, 4.69) is 15.6 Å². The predicted molar refractivity (Wildman–Crippen MR) is 148 cm³/mol. The van der Waals surface area contributed by atoms with E-state index in [1.165, 1.54) is 23.1 Å². The SMILES string of the molecule is CCN1CCN(C(=O)NC(C(=O)N[C@H]2Cc3cccc(C(=O)O)c3OB2O)c2ncc(C(=O)CCCO)cc2F)C(=O)C1=O. The van der Waals surface area contributed by atoms with Crippen LogP contribution in [0.3, 0.4) is 0 Å². The number of piperazine rings is 1. The van der Waals surface area contributed by atoms with Gasteiger partial charge in [0, 0.05) is 44.4 Å². The first-order valence-electron chi connectivity index (χ1n) is 13.7. The lowest BCUT2D eigenvalue weighted by Crippen LogP contribution is -2.60. The number of aliphatic hydroxyl groups excluding tert-OH is 1. The number of rotatable bonds is 10. The van der Waals surface area contributed by atoms with Crippen molar-refractivity contribution < 1.29 is 53.0 Å². The fourth-order valence-corrected chi connectivity index (χ4v) is 4.81. The Bertz CT molecular complexity index is 1510. The summed E-state index contributed by atoms with van der Waals surface area (Å²) in [6, 6.07) is 1.95. The first-order valence-corrected chi connectivity index (χ1v) is 13.7. The average Bonchev–Trinajstić information content (AvgIpc) is 2.99. The van der Waals surface area contributed by atoms with Gasteiger partial charge in [0.25, 0.3) is 0 Å². The zero-order valence-electron chi connectivity index (χ0n) is 23.5. The number of halogens is 1. The Morgan fingerprint density at radius 1 is 1.20 bits per heavy atom. The molecule has 1 aromatic heterocycles. The van der Waals surface area contributed by atoms with Crippen molar-refractivity contribution in [2.45, 2.75) is 38.2 Å². The highest BCUT2D eigenvalue weighted by Crippen LogP contribution is 2.30. The van der Waals surface area contributed by atoms with E-state index in [4.69, 9.17) is 9.76 Å². The molecule has 17 heteroatoms. The van der Waals surface area contributed by atoms with Crippen LogP contribution in [0.15, 0.2) is 30.5 Å². The van der Waals surface area contributed by atoms with Crippen molar-refractivity contribution in [1.29, 1.82) is 0 Å². The fraction of sp³-hybridized carbons (Fsp3) is 0.370. The van der Waals surface area contributed by atoms with Gasteiger partial charge in [0.1, 0.15) is 17.3 Å². The van der Waals surface area contributed by atoms with E-state index in [1.54, 1.807) is 6.92 Å². The van der Waals surface area contributed by atoms with E-state index in [0.717, 1.165) is 12.3 Å². The van der Waals surface area contributed by atoms with Gasteiger partial charge in [-0.15, -0.1) is 0 Å². The van der Waals surface area contributed by atoms with Gasteiger partial charge < -0.3 is 35.4 Å². The number of para-hydroxylation sites is 1. The number of nitrogens with one attached hydrogen (secondary N) is 2. The van der Waals surface area contributed by atoms with Crippen LogP contribution in [0.5, 0.6) is 5.75 Å². The lowest BCUT2D eigenvalue weighted by atomic mass is 9.72. The smallest absolute Gasteiger partial charge is 0.534 e. The first kappa shape index (κ1) is 32.0. The number of carboxylic acids is 1. The van der Waals surface area contributed by atoms with Crippen LogP contribution in [0.2, 0.25) is 0 Å². The monoisotopic (exact) mass is 613 g/mol. The summed E-state index contributed by atoms with van der Waals surface area (Å²) in [5, 5.41) is 33.6. The van der Waals surface area contributed by atoms with Crippen LogP contribution in [0.4, 0.5) is 9.18 Å². The number of carbonyl (C=O) groups is 6. The van der Waals surface area contributed by atoms with Crippen LogP contribution in [0.1, 0.15) is 57.8 Å². The number of pyridine rings is 1. The predicted octanol–water partition coefficient (Wildman–Crippen LogP) is -0.545. The van der Waals surface area contributed by atoms with Crippen LogP contribution in [-0.2, 0) is 20.8 Å². The molecule has 2 aliphatic rings. The average molecular weight is 613 g/mol. The number of carbonyl (C=O) groups excluding carboxylic acids is 5. The second kappa shape index (κ2) is 13.6. The number of imide groups is 1. The quantitative estimate of drug-likeness (QED) is 0.130. The summed E-state index contributed by atoms with van der Waals surface area (Å²) >= 11 is 0. The number of aromatic nitrogens is 1. The van der Waals surface area contributed by atoms with Crippen LogP contribution < -0.4 is 15.3 Å². The lowest BCUT2D eigenvalue weighted by Gasteiger charge is -2.33. The Balaban J connectivity index is 1.61. The molecule has 0 aliphatic carbocycles. The van der Waals surface area contributed by atoms with E-state index in [9.17, 15) is 38.9 Å². The topological polar surface area (TPSA) is 216 Å². The van der Waals surface area contributed by atoms with Crippen molar-refractivity contribution in [1.82, 2.24) is 25.4 Å². The van der Waals surface area contributed by atoms with Gasteiger partial charge >= 0.3 is 30.9 Å². The molecule has 0 radical (unpaired) electrons. The minimum Gasteiger partial charge on any atom is -0.534 e. The minimum atomic E-state index is -1.92. The molecule has 0 saturated carbocycles. The summed E-state index contributed by atoms with van der Waals surface area (Å²) in [4.78, 5) is 81.2. The molecule has 3 heterocycles. The molecule has 15 nitrogen and oxygen atoms in total. The number of aliphatic hydroxyl groups is 1. The van der Waals surface area contributed by atoms with E-state index in [0.29, 0.717) is 10.5 Å². The third kappa shape index (κ3) is 6.68. The second-order valence-electron chi connectivity index (χ2n) is 9.99. The van der Waals surface area contributed by atoms with Crippen molar-refractivity contribution in [3.05, 3.63) is 58.7 Å². The van der Waals surface area contributed by atoms with Crippen LogP contribution in [0.25, 0.3) is 0 Å². The van der Waals surface area contributed by atoms with Crippen LogP contribution >= 0.6 is 0 Å². The number of carboxylic acid groups (broad SMARTS) is 1. The highest BCUT2D eigenvalue weighted by Gasteiger charge is 2.41. The Hall–Kier alpha value is -4.90. The van der Waals surface area contributed by atoms with Gasteiger partial charge in [-0.05, 0) is 37.5 Å². The number of hydrogen-bond acceptors (Lipinski definition) is 10. The highest BCUT2D eigenvalue weighted by molar-refractivity contribution is 6.47. The van der Waals surface area contributed by atoms with Gasteiger partial charge in [0.2, 0.25) is 5.91 Å². The summed E-state index contributed by atoms with van der Waals surface area (Å²) in [6.45, 7) is 1.45. The number of fused-ring (bicyclic) bond motifs is 1.